The van der Waals surface area contributed by atoms with Crippen LogP contribution in [0.3, 0.4) is 0 Å². The number of rotatable bonds is 3. The predicted molar refractivity (Wildman–Crippen MR) is 53.9 cm³/mol. The maximum absolute atomic E-state index is 8.68. The van der Waals surface area contributed by atoms with E-state index >= 15 is 0 Å². The maximum atomic E-state index is 8.68. The molecule has 1 aliphatic heterocycles. The van der Waals surface area contributed by atoms with E-state index in [1.807, 2.05) is 11.8 Å². The third kappa shape index (κ3) is 3.45. The van der Waals surface area contributed by atoms with Crippen molar-refractivity contribution in [3.63, 3.8) is 0 Å². The molecule has 0 bridgehead atoms. The first-order valence-electron chi connectivity index (χ1n) is 4.31. The Kier molecular flexibility index (Phi) is 4.46. The van der Waals surface area contributed by atoms with E-state index in [2.05, 4.69) is 17.2 Å². The fourth-order valence-corrected chi connectivity index (χ4v) is 1.83. The second-order valence-electron chi connectivity index (χ2n) is 2.94. The van der Waals surface area contributed by atoms with E-state index in [1.54, 1.807) is 0 Å². The Morgan fingerprint density at radius 1 is 1.75 bits per heavy atom. The first-order chi connectivity index (χ1) is 5.83. The highest BCUT2D eigenvalue weighted by atomic mass is 32.2. The summed E-state index contributed by atoms with van der Waals surface area (Å²) in [6.45, 7) is 3.24. The second-order valence-corrected chi connectivity index (χ2v) is 4.04. The molecular formula is C8H16N2OS. The number of hydrogen-bond donors (Lipinski definition) is 2. The molecule has 3 nitrogen and oxygen atoms in total. The Hall–Kier alpha value is -0.220. The molecule has 4 heteroatoms. The number of aliphatic hydroxyl groups excluding tert-OH is 1. The lowest BCUT2D eigenvalue weighted by atomic mass is 10.2. The molecule has 1 unspecified atom stereocenters. The van der Waals surface area contributed by atoms with Gasteiger partial charge in [0, 0.05) is 18.4 Å². The van der Waals surface area contributed by atoms with E-state index < -0.39 is 0 Å². The lowest BCUT2D eigenvalue weighted by Crippen LogP contribution is -2.36. The van der Waals surface area contributed by atoms with Crippen molar-refractivity contribution in [3.05, 3.63) is 0 Å². The van der Waals surface area contributed by atoms with Crippen molar-refractivity contribution in [2.24, 2.45) is 4.99 Å². The van der Waals surface area contributed by atoms with Crippen molar-refractivity contribution in [2.45, 2.75) is 19.4 Å². The minimum atomic E-state index is 0.245. The van der Waals surface area contributed by atoms with Crippen LogP contribution < -0.4 is 5.32 Å². The van der Waals surface area contributed by atoms with Gasteiger partial charge in [-0.1, -0.05) is 0 Å². The topological polar surface area (TPSA) is 44.6 Å². The van der Waals surface area contributed by atoms with Crippen LogP contribution in [-0.2, 0) is 0 Å². The number of aliphatic imine (C=N–C) groups is 1. The van der Waals surface area contributed by atoms with Gasteiger partial charge in [-0.05, 0) is 13.3 Å². The highest BCUT2D eigenvalue weighted by Gasteiger charge is 2.07. The molecule has 0 radical (unpaired) electrons. The molecule has 1 aliphatic rings. The Bertz CT molecular complexity index is 161. The van der Waals surface area contributed by atoms with Crippen molar-refractivity contribution >= 4 is 17.6 Å². The Morgan fingerprint density at radius 2 is 2.58 bits per heavy atom. The molecule has 1 heterocycles. The molecule has 0 saturated heterocycles. The smallest absolute Gasteiger partial charge is 0.107 e. The molecule has 1 rings (SSSR count). The maximum Gasteiger partial charge on any atom is 0.107 e. The quantitative estimate of drug-likeness (QED) is 0.677. The molecule has 0 aliphatic carbocycles. The van der Waals surface area contributed by atoms with Gasteiger partial charge in [0.1, 0.15) is 5.84 Å². The molecule has 2 N–H and O–H groups in total. The van der Waals surface area contributed by atoms with Gasteiger partial charge >= 0.3 is 0 Å². The first-order valence-corrected chi connectivity index (χ1v) is 5.47. The standard InChI is InChI=1S/C8H16N2OS/c1-7(2-4-11)10-8-6-12-5-3-9-8/h7,11H,2-6H2,1H3,(H,9,10). The van der Waals surface area contributed by atoms with E-state index in [9.17, 15) is 0 Å². The van der Waals surface area contributed by atoms with E-state index in [4.69, 9.17) is 5.11 Å². The summed E-state index contributed by atoms with van der Waals surface area (Å²) < 4.78 is 0. The van der Waals surface area contributed by atoms with Gasteiger partial charge < -0.3 is 10.4 Å². The lowest BCUT2D eigenvalue weighted by molar-refractivity contribution is 0.275. The van der Waals surface area contributed by atoms with Gasteiger partial charge in [-0.3, -0.25) is 4.99 Å². The molecule has 70 valence electrons. The molecular weight excluding hydrogens is 172 g/mol. The zero-order chi connectivity index (χ0) is 8.81. The SMILES string of the molecule is CC(CCO)NC1=NCCSC1. The monoisotopic (exact) mass is 188 g/mol. The zero-order valence-corrected chi connectivity index (χ0v) is 8.23. The van der Waals surface area contributed by atoms with Crippen molar-refractivity contribution in [3.8, 4) is 0 Å². The van der Waals surface area contributed by atoms with Crippen LogP contribution >= 0.6 is 11.8 Å². The van der Waals surface area contributed by atoms with Gasteiger partial charge in [0.05, 0.1) is 12.3 Å². The Balaban J connectivity index is 2.24. The van der Waals surface area contributed by atoms with Crippen molar-refractivity contribution < 1.29 is 5.11 Å². The van der Waals surface area contributed by atoms with Gasteiger partial charge in [-0.15, -0.1) is 0 Å². The van der Waals surface area contributed by atoms with Crippen LogP contribution in [0.25, 0.3) is 0 Å². The van der Waals surface area contributed by atoms with Gasteiger partial charge in [0.2, 0.25) is 0 Å². The van der Waals surface area contributed by atoms with Crippen LogP contribution in [-0.4, -0.2) is 41.6 Å². The summed E-state index contributed by atoms with van der Waals surface area (Å²) >= 11 is 1.91. The van der Waals surface area contributed by atoms with Crippen molar-refractivity contribution in [1.82, 2.24) is 5.32 Å². The Morgan fingerprint density at radius 3 is 3.17 bits per heavy atom. The average Bonchev–Trinajstić information content (AvgIpc) is 2.06. The number of nitrogens with one attached hydrogen (secondary N) is 1. The van der Waals surface area contributed by atoms with Crippen LogP contribution in [0, 0.1) is 0 Å². The molecule has 0 fully saturated rings. The summed E-state index contributed by atoms with van der Waals surface area (Å²) in [5.74, 6) is 3.22. The molecule has 0 aromatic carbocycles. The van der Waals surface area contributed by atoms with E-state index in [1.165, 1.54) is 0 Å². The predicted octanol–water partition coefficient (Wildman–Crippen LogP) is 0.492. The van der Waals surface area contributed by atoms with Crippen molar-refractivity contribution in [1.29, 1.82) is 0 Å². The molecule has 0 aromatic rings. The number of nitrogens with zero attached hydrogens (tertiary/aromatic N) is 1. The Labute approximate surface area is 77.7 Å². The van der Waals surface area contributed by atoms with E-state index in [-0.39, 0.29) is 6.61 Å². The van der Waals surface area contributed by atoms with Crippen LogP contribution in [0.15, 0.2) is 4.99 Å². The van der Waals surface area contributed by atoms with Crippen LogP contribution in [0.5, 0.6) is 0 Å². The summed E-state index contributed by atoms with van der Waals surface area (Å²) in [5.41, 5.74) is 0. The molecule has 0 spiro atoms. The van der Waals surface area contributed by atoms with Crippen LogP contribution in [0.1, 0.15) is 13.3 Å². The molecule has 0 amide bonds. The van der Waals surface area contributed by atoms with Gasteiger partial charge in [0.25, 0.3) is 0 Å². The van der Waals surface area contributed by atoms with Gasteiger partial charge in [0.15, 0.2) is 0 Å². The third-order valence-corrected chi connectivity index (χ3v) is 2.70. The fraction of sp³-hybridized carbons (Fsp3) is 0.875. The summed E-state index contributed by atoms with van der Waals surface area (Å²) in [6.07, 6.45) is 0.795. The number of hydrogen-bond acceptors (Lipinski definition) is 4. The zero-order valence-electron chi connectivity index (χ0n) is 7.42. The van der Waals surface area contributed by atoms with Crippen molar-refractivity contribution in [2.75, 3.05) is 24.7 Å². The molecule has 12 heavy (non-hydrogen) atoms. The second kappa shape index (κ2) is 5.43. The van der Waals surface area contributed by atoms with Gasteiger partial charge in [-0.25, -0.2) is 0 Å². The lowest BCUT2D eigenvalue weighted by Gasteiger charge is -2.18. The number of aliphatic hydroxyl groups is 1. The summed E-state index contributed by atoms with van der Waals surface area (Å²) in [7, 11) is 0. The molecule has 0 saturated carbocycles. The molecule has 0 aromatic heterocycles. The number of amidine groups is 1. The van der Waals surface area contributed by atoms with E-state index in [0.717, 1.165) is 30.3 Å². The fourth-order valence-electron chi connectivity index (χ4n) is 1.10. The molecule has 1 atom stereocenters. The number of thioether (sulfide) groups is 1. The largest absolute Gasteiger partial charge is 0.396 e. The van der Waals surface area contributed by atoms with Gasteiger partial charge in [-0.2, -0.15) is 11.8 Å². The first kappa shape index (κ1) is 9.86. The van der Waals surface area contributed by atoms with Crippen LogP contribution in [0.4, 0.5) is 0 Å². The summed E-state index contributed by atoms with van der Waals surface area (Å²) in [5, 5.41) is 12.0. The van der Waals surface area contributed by atoms with Crippen LogP contribution in [0.2, 0.25) is 0 Å². The minimum Gasteiger partial charge on any atom is -0.396 e. The normalized spacial score (nSPS) is 20.0. The minimum absolute atomic E-state index is 0.245. The highest BCUT2D eigenvalue weighted by molar-refractivity contribution is 8.00. The highest BCUT2D eigenvalue weighted by Crippen LogP contribution is 2.05. The summed E-state index contributed by atoms with van der Waals surface area (Å²) in [6, 6.07) is 0.340. The van der Waals surface area contributed by atoms with E-state index in [0.29, 0.717) is 6.04 Å². The average molecular weight is 188 g/mol. The third-order valence-electron chi connectivity index (χ3n) is 1.75. The summed E-state index contributed by atoms with van der Waals surface area (Å²) in [4.78, 5) is 4.35.